The fraction of sp³-hybridized carbons (Fsp3) is 0.0714. The first-order valence-electron chi connectivity index (χ1n) is 6.34. The number of nitrogens with one attached hydrogen (secondary N) is 1. The number of carbonyl (C=O) groups is 1. The molecule has 0 spiro atoms. The molecule has 1 amide bonds. The van der Waals surface area contributed by atoms with Crippen LogP contribution in [-0.2, 0) is 9.84 Å². The number of nitrogens with zero attached hydrogens (tertiary/aromatic N) is 1. The van der Waals surface area contributed by atoms with Crippen molar-refractivity contribution in [2.24, 2.45) is 0 Å². The average Bonchev–Trinajstić information content (AvgIpc) is 2.48. The predicted molar refractivity (Wildman–Crippen MR) is 90.6 cm³/mol. The van der Waals surface area contributed by atoms with E-state index in [1.807, 2.05) is 0 Å². The van der Waals surface area contributed by atoms with Crippen LogP contribution in [0.1, 0.15) is 10.4 Å². The molecular weight excluding hydrogens is 379 g/mol. The Morgan fingerprint density at radius 1 is 1.12 bits per heavy atom. The molecule has 1 N–H and O–H groups in total. The number of halogens is 2. The fourth-order valence-corrected chi connectivity index (χ4v) is 2.87. The van der Waals surface area contributed by atoms with Gasteiger partial charge in [0.15, 0.2) is 9.84 Å². The molecule has 24 heavy (non-hydrogen) atoms. The molecule has 7 nitrogen and oxygen atoms in total. The summed E-state index contributed by atoms with van der Waals surface area (Å²) < 4.78 is 23.1. The number of hydrogen-bond donors (Lipinski definition) is 1. The Hall–Kier alpha value is -2.16. The molecule has 2 aromatic rings. The van der Waals surface area contributed by atoms with Crippen molar-refractivity contribution in [1.82, 2.24) is 0 Å². The molecule has 0 fully saturated rings. The van der Waals surface area contributed by atoms with Crippen molar-refractivity contribution in [3.8, 4) is 0 Å². The summed E-state index contributed by atoms with van der Waals surface area (Å²) in [4.78, 5) is 22.4. The van der Waals surface area contributed by atoms with Crippen molar-refractivity contribution in [2.45, 2.75) is 4.90 Å². The third kappa shape index (κ3) is 4.02. The highest BCUT2D eigenvalue weighted by atomic mass is 35.5. The standard InChI is InChI=1S/C14H10Cl2N2O5S/c1-24(22,23)9-3-5-11(15)10(7-9)14(19)17-8-2-4-12(16)13(6-8)18(20)21/h2-7H,1H3,(H,17,19). The zero-order valence-corrected chi connectivity index (χ0v) is 14.4. The van der Waals surface area contributed by atoms with Crippen LogP contribution < -0.4 is 5.32 Å². The molecule has 10 heteroatoms. The lowest BCUT2D eigenvalue weighted by Gasteiger charge is -2.08. The Morgan fingerprint density at radius 3 is 2.33 bits per heavy atom. The van der Waals surface area contributed by atoms with Gasteiger partial charge < -0.3 is 5.32 Å². The van der Waals surface area contributed by atoms with Gasteiger partial charge in [0.05, 0.1) is 20.4 Å². The van der Waals surface area contributed by atoms with Gasteiger partial charge in [0, 0.05) is 18.0 Å². The molecule has 126 valence electrons. The number of amides is 1. The third-order valence-electron chi connectivity index (χ3n) is 3.01. The Balaban J connectivity index is 2.37. The first kappa shape index (κ1) is 18.2. The highest BCUT2D eigenvalue weighted by Crippen LogP contribution is 2.28. The predicted octanol–water partition coefficient (Wildman–Crippen LogP) is 3.56. The molecule has 0 saturated heterocycles. The largest absolute Gasteiger partial charge is 0.322 e. The number of nitro groups is 1. The van der Waals surface area contributed by atoms with E-state index in [2.05, 4.69) is 5.32 Å². The van der Waals surface area contributed by atoms with Gasteiger partial charge in [-0.15, -0.1) is 0 Å². The number of carbonyl (C=O) groups excluding carboxylic acids is 1. The van der Waals surface area contributed by atoms with Crippen molar-refractivity contribution < 1.29 is 18.1 Å². The first-order valence-corrected chi connectivity index (χ1v) is 8.99. The molecule has 0 unspecified atom stereocenters. The van der Waals surface area contributed by atoms with Gasteiger partial charge in [-0.05, 0) is 30.3 Å². The number of hydrogen-bond acceptors (Lipinski definition) is 5. The molecule has 0 aliphatic heterocycles. The van der Waals surface area contributed by atoms with E-state index in [1.54, 1.807) is 0 Å². The van der Waals surface area contributed by atoms with E-state index < -0.39 is 20.7 Å². The average molecular weight is 389 g/mol. The highest BCUT2D eigenvalue weighted by Gasteiger charge is 2.18. The van der Waals surface area contributed by atoms with Crippen molar-refractivity contribution >= 4 is 50.3 Å². The van der Waals surface area contributed by atoms with Crippen LogP contribution in [0.25, 0.3) is 0 Å². The van der Waals surface area contributed by atoms with Crippen molar-refractivity contribution in [3.05, 3.63) is 62.1 Å². The van der Waals surface area contributed by atoms with Crippen LogP contribution >= 0.6 is 23.2 Å². The second-order valence-electron chi connectivity index (χ2n) is 4.79. The van der Waals surface area contributed by atoms with Crippen LogP contribution in [-0.4, -0.2) is 25.5 Å². The topological polar surface area (TPSA) is 106 Å². The van der Waals surface area contributed by atoms with Gasteiger partial charge in [0.2, 0.25) is 0 Å². The van der Waals surface area contributed by atoms with Crippen molar-refractivity contribution in [3.63, 3.8) is 0 Å². The van der Waals surface area contributed by atoms with Crippen molar-refractivity contribution in [2.75, 3.05) is 11.6 Å². The summed E-state index contributed by atoms with van der Waals surface area (Å²) in [6.07, 6.45) is 1.00. The Bertz CT molecular complexity index is 944. The molecule has 0 aliphatic rings. The Labute approximate surface area is 147 Å². The number of nitro benzene ring substituents is 1. The number of sulfone groups is 1. The monoisotopic (exact) mass is 388 g/mol. The lowest BCUT2D eigenvalue weighted by molar-refractivity contribution is -0.384. The van der Waals surface area contributed by atoms with Gasteiger partial charge in [0.1, 0.15) is 5.02 Å². The molecule has 0 atom stereocenters. The quantitative estimate of drug-likeness (QED) is 0.636. The summed E-state index contributed by atoms with van der Waals surface area (Å²) in [6.45, 7) is 0. The zero-order chi connectivity index (χ0) is 18.1. The van der Waals surface area contributed by atoms with Crippen LogP contribution in [0.2, 0.25) is 10.0 Å². The number of benzene rings is 2. The van der Waals surface area contributed by atoms with Crippen LogP contribution in [0.15, 0.2) is 41.3 Å². The minimum absolute atomic E-state index is 0.0448. The summed E-state index contributed by atoms with van der Waals surface area (Å²) >= 11 is 11.6. The fourth-order valence-electron chi connectivity index (χ4n) is 1.84. The lowest BCUT2D eigenvalue weighted by atomic mass is 10.2. The van der Waals surface area contributed by atoms with Gasteiger partial charge in [-0.3, -0.25) is 14.9 Å². The van der Waals surface area contributed by atoms with Crippen molar-refractivity contribution in [1.29, 1.82) is 0 Å². The SMILES string of the molecule is CS(=O)(=O)c1ccc(Cl)c(C(=O)Nc2ccc(Cl)c([N+](=O)[O-])c2)c1. The van der Waals surface area contributed by atoms with E-state index in [9.17, 15) is 23.3 Å². The molecule has 0 bridgehead atoms. The van der Waals surface area contributed by atoms with Crippen LogP contribution in [0, 0.1) is 10.1 Å². The summed E-state index contributed by atoms with van der Waals surface area (Å²) in [5.41, 5.74) is -0.320. The maximum Gasteiger partial charge on any atom is 0.289 e. The van der Waals surface area contributed by atoms with Gasteiger partial charge in [0.25, 0.3) is 11.6 Å². The van der Waals surface area contributed by atoms with Gasteiger partial charge in [-0.2, -0.15) is 0 Å². The molecule has 0 radical (unpaired) electrons. The molecule has 0 aromatic heterocycles. The lowest BCUT2D eigenvalue weighted by Crippen LogP contribution is -2.13. The summed E-state index contributed by atoms with van der Waals surface area (Å²) in [5.74, 6) is -0.706. The maximum atomic E-state index is 12.3. The van der Waals surface area contributed by atoms with Crippen LogP contribution in [0.4, 0.5) is 11.4 Å². The van der Waals surface area contributed by atoms with E-state index in [4.69, 9.17) is 23.2 Å². The zero-order valence-electron chi connectivity index (χ0n) is 12.1. The van der Waals surface area contributed by atoms with E-state index >= 15 is 0 Å². The minimum atomic E-state index is -3.52. The first-order chi connectivity index (χ1) is 11.1. The highest BCUT2D eigenvalue weighted by molar-refractivity contribution is 7.90. The second kappa shape index (κ2) is 6.76. The van der Waals surface area contributed by atoms with Crippen LogP contribution in [0.3, 0.4) is 0 Å². The number of rotatable bonds is 4. The second-order valence-corrected chi connectivity index (χ2v) is 7.62. The van der Waals surface area contributed by atoms with E-state index in [-0.39, 0.29) is 31.9 Å². The van der Waals surface area contributed by atoms with Gasteiger partial charge in [-0.25, -0.2) is 8.42 Å². The molecule has 0 aliphatic carbocycles. The summed E-state index contributed by atoms with van der Waals surface area (Å²) in [5, 5.41) is 13.2. The molecular formula is C14H10Cl2N2O5S. The van der Waals surface area contributed by atoms with E-state index in [0.717, 1.165) is 18.4 Å². The van der Waals surface area contributed by atoms with E-state index in [0.29, 0.717) is 0 Å². The molecule has 0 heterocycles. The van der Waals surface area contributed by atoms with Gasteiger partial charge in [-0.1, -0.05) is 23.2 Å². The normalized spacial score (nSPS) is 11.1. The smallest absolute Gasteiger partial charge is 0.289 e. The Morgan fingerprint density at radius 2 is 1.75 bits per heavy atom. The third-order valence-corrected chi connectivity index (χ3v) is 4.77. The minimum Gasteiger partial charge on any atom is -0.322 e. The molecule has 2 aromatic carbocycles. The summed E-state index contributed by atoms with van der Waals surface area (Å²) in [7, 11) is -3.52. The number of anilines is 1. The summed E-state index contributed by atoms with van der Waals surface area (Å²) in [6, 6.07) is 7.44. The van der Waals surface area contributed by atoms with Crippen LogP contribution in [0.5, 0.6) is 0 Å². The van der Waals surface area contributed by atoms with E-state index in [1.165, 1.54) is 24.3 Å². The Kier molecular flexibility index (Phi) is 5.12. The maximum absolute atomic E-state index is 12.3. The molecule has 0 saturated carbocycles. The molecule has 2 rings (SSSR count). The van der Waals surface area contributed by atoms with Gasteiger partial charge >= 0.3 is 0 Å².